The summed E-state index contributed by atoms with van der Waals surface area (Å²) in [6.45, 7) is 1.54. The molecule has 9 heteroatoms. The number of aromatic nitrogens is 2. The van der Waals surface area contributed by atoms with Gasteiger partial charge in [0.2, 0.25) is 11.8 Å². The molecule has 0 radical (unpaired) electrons. The maximum atomic E-state index is 11.8. The topological polar surface area (TPSA) is 117 Å². The molecular formula is C15H21N5O4. The van der Waals surface area contributed by atoms with Gasteiger partial charge in [0.15, 0.2) is 0 Å². The first-order chi connectivity index (χ1) is 11.5. The number of hydrogen-bond donors (Lipinski definition) is 3. The van der Waals surface area contributed by atoms with E-state index in [1.54, 1.807) is 0 Å². The third kappa shape index (κ3) is 3.91. The summed E-state index contributed by atoms with van der Waals surface area (Å²) in [5, 5.41) is 18.7. The molecular weight excluding hydrogens is 314 g/mol. The van der Waals surface area contributed by atoms with E-state index in [1.165, 1.54) is 0 Å². The van der Waals surface area contributed by atoms with Crippen LogP contribution in [0.25, 0.3) is 0 Å². The molecule has 2 fully saturated rings. The van der Waals surface area contributed by atoms with Gasteiger partial charge < -0.3 is 10.4 Å². The average Bonchev–Trinajstić information content (AvgIpc) is 2.99. The molecule has 3 rings (SSSR count). The number of hydrogen-bond acceptors (Lipinski definition) is 6. The van der Waals surface area contributed by atoms with Crippen molar-refractivity contribution in [2.24, 2.45) is 0 Å². The molecule has 3 heterocycles. The van der Waals surface area contributed by atoms with E-state index in [0.29, 0.717) is 18.7 Å². The van der Waals surface area contributed by atoms with E-state index in [-0.39, 0.29) is 24.4 Å². The van der Waals surface area contributed by atoms with Crippen LogP contribution in [0.2, 0.25) is 0 Å². The lowest BCUT2D eigenvalue weighted by molar-refractivity contribution is -0.139. The highest BCUT2D eigenvalue weighted by molar-refractivity contribution is 6.01. The van der Waals surface area contributed by atoms with Crippen LogP contribution < -0.4 is 10.6 Å². The second-order valence-electron chi connectivity index (χ2n) is 6.23. The molecule has 9 nitrogen and oxygen atoms in total. The monoisotopic (exact) mass is 335 g/mol. The van der Waals surface area contributed by atoms with Crippen molar-refractivity contribution in [1.29, 1.82) is 0 Å². The molecule has 2 aliphatic rings. The number of likely N-dealkylation sites (tertiary alicyclic amines) is 1. The number of carbonyl (C=O) groups excluding carboxylic acids is 2. The molecule has 0 spiro atoms. The highest BCUT2D eigenvalue weighted by Gasteiger charge is 2.27. The quantitative estimate of drug-likeness (QED) is 0.639. The Labute approximate surface area is 139 Å². The fourth-order valence-electron chi connectivity index (χ4n) is 3.16. The summed E-state index contributed by atoms with van der Waals surface area (Å²) in [4.78, 5) is 35.6. The second-order valence-corrected chi connectivity index (χ2v) is 6.23. The van der Waals surface area contributed by atoms with Crippen molar-refractivity contribution in [3.63, 3.8) is 0 Å². The standard InChI is InChI=1S/C15H21N5O4/c21-13-2-1-11(15(24)17-13)16-12-5-8-20(18-12)10-3-6-19(7-4-10)9-14(22)23/h5,8,10-11H,1-4,6-7,9H2,(H,16,18)(H,22,23)(H,17,21,24). The normalized spacial score (nSPS) is 23.1. The molecule has 2 amide bonds. The predicted molar refractivity (Wildman–Crippen MR) is 84.4 cm³/mol. The second kappa shape index (κ2) is 7.00. The lowest BCUT2D eigenvalue weighted by Crippen LogP contribution is -2.47. The Morgan fingerprint density at radius 2 is 2.08 bits per heavy atom. The summed E-state index contributed by atoms with van der Waals surface area (Å²) < 4.78 is 1.87. The number of amides is 2. The first-order valence-electron chi connectivity index (χ1n) is 8.11. The Morgan fingerprint density at radius 1 is 1.33 bits per heavy atom. The first-order valence-corrected chi connectivity index (χ1v) is 8.11. The summed E-state index contributed by atoms with van der Waals surface area (Å²) in [7, 11) is 0. The summed E-state index contributed by atoms with van der Waals surface area (Å²) in [5.41, 5.74) is 0. The fourth-order valence-corrected chi connectivity index (χ4v) is 3.16. The summed E-state index contributed by atoms with van der Waals surface area (Å²) in [5.74, 6) is -0.750. The molecule has 0 bridgehead atoms. The van der Waals surface area contributed by atoms with Gasteiger partial charge in [-0.3, -0.25) is 29.3 Å². The smallest absolute Gasteiger partial charge is 0.317 e. The molecule has 3 N–H and O–H groups in total. The number of carbonyl (C=O) groups is 3. The maximum Gasteiger partial charge on any atom is 0.317 e. The molecule has 0 aromatic carbocycles. The van der Waals surface area contributed by atoms with Crippen LogP contribution in [0.5, 0.6) is 0 Å². The summed E-state index contributed by atoms with van der Waals surface area (Å²) in [6, 6.07) is 1.60. The molecule has 1 aromatic heterocycles. The number of piperidine rings is 2. The zero-order chi connectivity index (χ0) is 17.1. The van der Waals surface area contributed by atoms with Crippen molar-refractivity contribution < 1.29 is 19.5 Å². The average molecular weight is 335 g/mol. The van der Waals surface area contributed by atoms with E-state index in [0.717, 1.165) is 25.9 Å². The molecule has 2 aliphatic heterocycles. The van der Waals surface area contributed by atoms with Crippen molar-refractivity contribution >= 4 is 23.6 Å². The molecule has 0 saturated carbocycles. The molecule has 0 aliphatic carbocycles. The Bertz CT molecular complexity index is 636. The van der Waals surface area contributed by atoms with Crippen molar-refractivity contribution in [1.82, 2.24) is 20.0 Å². The van der Waals surface area contributed by atoms with Gasteiger partial charge in [0, 0.05) is 31.8 Å². The van der Waals surface area contributed by atoms with Crippen LogP contribution in [0.4, 0.5) is 5.82 Å². The van der Waals surface area contributed by atoms with Crippen LogP contribution in [0.1, 0.15) is 31.7 Å². The van der Waals surface area contributed by atoms with Crippen LogP contribution in [0, 0.1) is 0 Å². The van der Waals surface area contributed by atoms with Crippen LogP contribution in [-0.2, 0) is 14.4 Å². The first kappa shape index (κ1) is 16.4. The van der Waals surface area contributed by atoms with Crippen molar-refractivity contribution in [3.05, 3.63) is 12.3 Å². The fraction of sp³-hybridized carbons (Fsp3) is 0.600. The minimum atomic E-state index is -0.803. The lowest BCUT2D eigenvalue weighted by atomic mass is 10.1. The highest BCUT2D eigenvalue weighted by Crippen LogP contribution is 2.23. The number of carboxylic acids is 1. The Balaban J connectivity index is 1.53. The van der Waals surface area contributed by atoms with Crippen molar-refractivity contribution in [2.75, 3.05) is 25.0 Å². The van der Waals surface area contributed by atoms with Crippen molar-refractivity contribution in [3.8, 4) is 0 Å². The number of carboxylic acid groups (broad SMARTS) is 1. The molecule has 1 unspecified atom stereocenters. The third-order valence-electron chi connectivity index (χ3n) is 4.46. The molecule has 1 atom stereocenters. The molecule has 130 valence electrons. The van der Waals surface area contributed by atoms with E-state index in [9.17, 15) is 14.4 Å². The number of aliphatic carboxylic acids is 1. The predicted octanol–water partition coefficient (Wildman–Crippen LogP) is -0.178. The van der Waals surface area contributed by atoms with E-state index >= 15 is 0 Å². The maximum absolute atomic E-state index is 11.8. The van der Waals surface area contributed by atoms with E-state index in [2.05, 4.69) is 15.7 Å². The van der Waals surface area contributed by atoms with Gasteiger partial charge in [-0.2, -0.15) is 5.10 Å². The number of rotatable bonds is 5. The highest BCUT2D eigenvalue weighted by atomic mass is 16.4. The van der Waals surface area contributed by atoms with E-state index < -0.39 is 12.0 Å². The van der Waals surface area contributed by atoms with Gasteiger partial charge in [0.25, 0.3) is 0 Å². The minimum Gasteiger partial charge on any atom is -0.480 e. The van der Waals surface area contributed by atoms with E-state index in [1.807, 2.05) is 21.8 Å². The zero-order valence-electron chi connectivity index (χ0n) is 13.3. The van der Waals surface area contributed by atoms with Crippen LogP contribution in [-0.4, -0.2) is 63.2 Å². The number of anilines is 1. The van der Waals surface area contributed by atoms with Crippen LogP contribution in [0.3, 0.4) is 0 Å². The van der Waals surface area contributed by atoms with E-state index in [4.69, 9.17) is 5.11 Å². The Hall–Kier alpha value is -2.42. The molecule has 1 aromatic rings. The van der Waals surface area contributed by atoms with Gasteiger partial charge in [0.05, 0.1) is 12.6 Å². The Kier molecular flexibility index (Phi) is 4.79. The van der Waals surface area contributed by atoms with Gasteiger partial charge in [-0.15, -0.1) is 0 Å². The van der Waals surface area contributed by atoms with Crippen LogP contribution >= 0.6 is 0 Å². The summed E-state index contributed by atoms with van der Waals surface area (Å²) >= 11 is 0. The summed E-state index contributed by atoms with van der Waals surface area (Å²) in [6.07, 6.45) is 4.34. The lowest BCUT2D eigenvalue weighted by Gasteiger charge is -2.30. The number of nitrogens with one attached hydrogen (secondary N) is 2. The van der Waals surface area contributed by atoms with Gasteiger partial charge in [-0.25, -0.2) is 0 Å². The molecule has 2 saturated heterocycles. The zero-order valence-corrected chi connectivity index (χ0v) is 13.3. The van der Waals surface area contributed by atoms with Crippen LogP contribution in [0.15, 0.2) is 12.3 Å². The number of imide groups is 1. The third-order valence-corrected chi connectivity index (χ3v) is 4.46. The minimum absolute atomic E-state index is 0.0775. The Morgan fingerprint density at radius 3 is 2.75 bits per heavy atom. The van der Waals surface area contributed by atoms with Gasteiger partial charge in [-0.05, 0) is 19.3 Å². The largest absolute Gasteiger partial charge is 0.480 e. The van der Waals surface area contributed by atoms with Gasteiger partial charge in [-0.1, -0.05) is 0 Å². The van der Waals surface area contributed by atoms with Gasteiger partial charge >= 0.3 is 5.97 Å². The SMILES string of the molecule is O=C(O)CN1CCC(n2ccc(NC3CCC(=O)NC3=O)n2)CC1. The number of nitrogens with zero attached hydrogens (tertiary/aromatic N) is 3. The van der Waals surface area contributed by atoms with Gasteiger partial charge in [0.1, 0.15) is 11.9 Å². The van der Waals surface area contributed by atoms with Crippen molar-refractivity contribution in [2.45, 2.75) is 37.8 Å². The molecule has 24 heavy (non-hydrogen) atoms.